The summed E-state index contributed by atoms with van der Waals surface area (Å²) in [6.45, 7) is 0. The largest absolute Gasteiger partial charge is 0.493 e. The van der Waals surface area contributed by atoms with Crippen LogP contribution in [0, 0.1) is 11.8 Å². The predicted molar refractivity (Wildman–Crippen MR) is 123 cm³/mol. The molecule has 2 bridgehead atoms. The van der Waals surface area contributed by atoms with Crippen molar-refractivity contribution in [2.24, 2.45) is 16.9 Å². The number of rotatable bonds is 4. The molecule has 3 aromatic rings. The predicted octanol–water partition coefficient (Wildman–Crippen LogP) is 3.93. The van der Waals surface area contributed by atoms with Gasteiger partial charge in [0.15, 0.2) is 11.5 Å². The quantitative estimate of drug-likeness (QED) is 0.457. The Labute approximate surface area is 191 Å². The van der Waals surface area contributed by atoms with E-state index in [9.17, 15) is 9.59 Å². The van der Waals surface area contributed by atoms with Crippen LogP contribution in [-0.2, 0) is 9.59 Å². The van der Waals surface area contributed by atoms with Crippen molar-refractivity contribution < 1.29 is 19.1 Å². The molecular weight excluding hydrogens is 416 g/mol. The molecule has 6 heteroatoms. The molecule has 6 nitrogen and oxygen atoms in total. The molecule has 0 radical (unpaired) electrons. The van der Waals surface area contributed by atoms with E-state index in [1.165, 1.54) is 6.21 Å². The van der Waals surface area contributed by atoms with Gasteiger partial charge in [-0.25, -0.2) is 0 Å². The fraction of sp³-hybridized carbons (Fsp3) is 0.222. The maximum atomic E-state index is 13.6. The number of carbonyl (C=O) groups excluding carboxylic acids is 2. The summed E-state index contributed by atoms with van der Waals surface area (Å²) in [4.78, 5) is 27.1. The van der Waals surface area contributed by atoms with E-state index in [4.69, 9.17) is 9.47 Å². The lowest BCUT2D eigenvalue weighted by molar-refractivity contribution is -0.139. The van der Waals surface area contributed by atoms with Gasteiger partial charge in [0.25, 0.3) is 11.8 Å². The molecule has 4 aliphatic rings. The van der Waals surface area contributed by atoms with Crippen molar-refractivity contribution in [2.75, 3.05) is 14.2 Å². The van der Waals surface area contributed by atoms with Crippen LogP contribution in [0.15, 0.2) is 71.8 Å². The average Bonchev–Trinajstić information content (AvgIpc) is 3.12. The third-order valence-electron chi connectivity index (χ3n) is 7.16. The smallest absolute Gasteiger partial charge is 0.254 e. The molecule has 7 rings (SSSR count). The Bertz CT molecular complexity index is 1220. The first kappa shape index (κ1) is 19.7. The lowest BCUT2D eigenvalue weighted by atomic mass is 9.55. The summed E-state index contributed by atoms with van der Waals surface area (Å²) in [6.07, 6.45) is 1.53. The maximum Gasteiger partial charge on any atom is 0.254 e. The molecule has 0 unspecified atom stereocenters. The zero-order valence-corrected chi connectivity index (χ0v) is 18.3. The van der Waals surface area contributed by atoms with E-state index in [1.807, 2.05) is 24.3 Å². The molecular formula is C27H22N2O4. The highest BCUT2D eigenvalue weighted by molar-refractivity contribution is 6.08. The first-order chi connectivity index (χ1) is 16.1. The van der Waals surface area contributed by atoms with Crippen molar-refractivity contribution in [2.45, 2.75) is 11.8 Å². The van der Waals surface area contributed by atoms with Gasteiger partial charge in [0, 0.05) is 11.8 Å². The number of hydrazone groups is 1. The van der Waals surface area contributed by atoms with Gasteiger partial charge < -0.3 is 9.47 Å². The fourth-order valence-corrected chi connectivity index (χ4v) is 5.83. The molecule has 3 aromatic carbocycles. The number of carbonyl (C=O) groups is 2. The maximum absolute atomic E-state index is 13.6. The number of methoxy groups -OCH3 is 2. The van der Waals surface area contributed by atoms with Crippen LogP contribution in [0.1, 0.15) is 39.7 Å². The minimum atomic E-state index is -0.435. The van der Waals surface area contributed by atoms with E-state index < -0.39 is 11.8 Å². The first-order valence-corrected chi connectivity index (χ1v) is 11.0. The van der Waals surface area contributed by atoms with Gasteiger partial charge in [0.1, 0.15) is 0 Å². The lowest BCUT2D eigenvalue weighted by Gasteiger charge is -2.45. The van der Waals surface area contributed by atoms with Gasteiger partial charge in [-0.3, -0.25) is 9.59 Å². The van der Waals surface area contributed by atoms with Crippen LogP contribution in [-0.4, -0.2) is 37.3 Å². The summed E-state index contributed by atoms with van der Waals surface area (Å²) in [7, 11) is 3.13. The summed E-state index contributed by atoms with van der Waals surface area (Å²) < 4.78 is 10.6. The highest BCUT2D eigenvalue weighted by atomic mass is 16.5. The van der Waals surface area contributed by atoms with Crippen LogP contribution in [0.5, 0.6) is 11.5 Å². The molecule has 3 aliphatic carbocycles. The zero-order valence-electron chi connectivity index (χ0n) is 18.3. The molecule has 2 atom stereocenters. The van der Waals surface area contributed by atoms with Crippen LogP contribution in [0.3, 0.4) is 0 Å². The Hall–Kier alpha value is -3.93. The summed E-state index contributed by atoms with van der Waals surface area (Å²) in [6, 6.07) is 21.7. The zero-order chi connectivity index (χ0) is 22.7. The van der Waals surface area contributed by atoms with E-state index in [0.717, 1.165) is 27.3 Å². The molecule has 1 heterocycles. The van der Waals surface area contributed by atoms with Gasteiger partial charge >= 0.3 is 0 Å². The summed E-state index contributed by atoms with van der Waals surface area (Å²) in [5, 5.41) is 5.42. The van der Waals surface area contributed by atoms with Gasteiger partial charge in [-0.1, -0.05) is 48.5 Å². The van der Waals surface area contributed by atoms with Crippen molar-refractivity contribution in [3.63, 3.8) is 0 Å². The van der Waals surface area contributed by atoms with Gasteiger partial charge in [0.2, 0.25) is 0 Å². The minimum absolute atomic E-state index is 0.134. The topological polar surface area (TPSA) is 68.2 Å². The molecule has 0 spiro atoms. The number of imide groups is 1. The Kier molecular flexibility index (Phi) is 4.37. The number of ether oxygens (including phenoxy) is 2. The Morgan fingerprint density at radius 3 is 1.67 bits per heavy atom. The van der Waals surface area contributed by atoms with Crippen molar-refractivity contribution in [3.05, 3.63) is 94.5 Å². The summed E-state index contributed by atoms with van der Waals surface area (Å²) >= 11 is 0. The number of amides is 2. The molecule has 1 fully saturated rings. The van der Waals surface area contributed by atoms with E-state index in [2.05, 4.69) is 29.4 Å². The molecule has 1 saturated heterocycles. The summed E-state index contributed by atoms with van der Waals surface area (Å²) in [5.41, 5.74) is 5.30. The highest BCUT2D eigenvalue weighted by Gasteiger charge is 2.61. The minimum Gasteiger partial charge on any atom is -0.493 e. The van der Waals surface area contributed by atoms with Crippen LogP contribution >= 0.6 is 0 Å². The first-order valence-electron chi connectivity index (χ1n) is 11.0. The summed E-state index contributed by atoms with van der Waals surface area (Å²) in [5.74, 6) is -0.458. The molecule has 164 valence electrons. The van der Waals surface area contributed by atoms with Crippen molar-refractivity contribution in [1.82, 2.24) is 5.01 Å². The SMILES string of the molecule is COc1ccc(/C=N\N2C(=O)[C@@H]3C4c5ccccc5C(c5ccccc54)[C@@H]3C2=O)cc1OC. The third kappa shape index (κ3) is 2.70. The molecule has 0 aromatic heterocycles. The molecule has 33 heavy (non-hydrogen) atoms. The van der Waals surface area contributed by atoms with E-state index in [1.54, 1.807) is 32.4 Å². The second-order valence-electron chi connectivity index (χ2n) is 8.61. The monoisotopic (exact) mass is 438 g/mol. The van der Waals surface area contributed by atoms with Crippen LogP contribution < -0.4 is 9.47 Å². The highest BCUT2D eigenvalue weighted by Crippen LogP contribution is 2.60. The van der Waals surface area contributed by atoms with Gasteiger partial charge in [0.05, 0.1) is 32.3 Å². The molecule has 0 N–H and O–H groups in total. The van der Waals surface area contributed by atoms with Crippen LogP contribution in [0.25, 0.3) is 0 Å². The average molecular weight is 438 g/mol. The van der Waals surface area contributed by atoms with Gasteiger partial charge in [-0.05, 0) is 46.0 Å². The molecule has 2 amide bonds. The van der Waals surface area contributed by atoms with Crippen LogP contribution in [0.2, 0.25) is 0 Å². The van der Waals surface area contributed by atoms with Crippen molar-refractivity contribution in [3.8, 4) is 11.5 Å². The standard InChI is InChI=1S/C27H22N2O4/c1-32-20-12-11-15(13-21(20)33-2)14-28-29-26(30)24-22-16-7-3-4-8-17(16)23(25(24)27(29)31)19-10-6-5-9-18(19)22/h3-14,22-25H,1-2H3/b28-14-/t22?,23?,24-,25+. The van der Waals surface area contributed by atoms with Gasteiger partial charge in [-0.15, -0.1) is 0 Å². The Balaban J connectivity index is 1.40. The van der Waals surface area contributed by atoms with Crippen molar-refractivity contribution >= 4 is 18.0 Å². The van der Waals surface area contributed by atoms with E-state index >= 15 is 0 Å². The second-order valence-corrected chi connectivity index (χ2v) is 8.61. The lowest BCUT2D eigenvalue weighted by Crippen LogP contribution is -2.41. The third-order valence-corrected chi connectivity index (χ3v) is 7.16. The fourth-order valence-electron chi connectivity index (χ4n) is 5.83. The van der Waals surface area contributed by atoms with E-state index in [-0.39, 0.29) is 23.7 Å². The number of nitrogens with zero attached hydrogens (tertiary/aromatic N) is 2. The Morgan fingerprint density at radius 1 is 0.727 bits per heavy atom. The number of benzene rings is 3. The Morgan fingerprint density at radius 2 is 1.21 bits per heavy atom. The van der Waals surface area contributed by atoms with E-state index in [0.29, 0.717) is 17.1 Å². The number of hydrogen-bond donors (Lipinski definition) is 0. The second kappa shape index (κ2) is 7.30. The molecule has 0 saturated carbocycles. The number of hydrogen-bond acceptors (Lipinski definition) is 5. The molecule has 1 aliphatic heterocycles. The van der Waals surface area contributed by atoms with Crippen LogP contribution in [0.4, 0.5) is 0 Å². The van der Waals surface area contributed by atoms with Gasteiger partial charge in [-0.2, -0.15) is 10.1 Å². The van der Waals surface area contributed by atoms with Crippen molar-refractivity contribution in [1.29, 1.82) is 0 Å². The normalized spacial score (nSPS) is 24.6.